The van der Waals surface area contributed by atoms with Gasteiger partial charge in [-0.25, -0.2) is 4.39 Å². The van der Waals surface area contributed by atoms with Crippen LogP contribution in [0.15, 0.2) is 18.2 Å². The van der Waals surface area contributed by atoms with Crippen LogP contribution in [0.1, 0.15) is 32.6 Å². The van der Waals surface area contributed by atoms with Gasteiger partial charge in [-0.3, -0.25) is 9.69 Å². The van der Waals surface area contributed by atoms with Gasteiger partial charge in [-0.1, -0.05) is 6.92 Å². The lowest BCUT2D eigenvalue weighted by Crippen LogP contribution is -2.30. The minimum atomic E-state index is -0.400. The van der Waals surface area contributed by atoms with Crippen molar-refractivity contribution in [3.05, 3.63) is 24.0 Å². The maximum Gasteiger partial charge on any atom is 0.225 e. The number of nitrogens with two attached hydrogens (primary N) is 1. The van der Waals surface area contributed by atoms with Crippen LogP contribution in [0, 0.1) is 5.82 Å². The van der Waals surface area contributed by atoms with Crippen molar-refractivity contribution in [1.29, 1.82) is 0 Å². The third-order valence-electron chi connectivity index (χ3n) is 3.49. The Morgan fingerprint density at radius 3 is 2.80 bits per heavy atom. The van der Waals surface area contributed by atoms with E-state index in [1.807, 2.05) is 0 Å². The zero-order valence-corrected chi connectivity index (χ0v) is 11.9. The largest absolute Gasteiger partial charge is 0.397 e. The van der Waals surface area contributed by atoms with Crippen LogP contribution in [0.25, 0.3) is 0 Å². The minimum absolute atomic E-state index is 0.0786. The van der Waals surface area contributed by atoms with Crippen LogP contribution in [-0.4, -0.2) is 29.9 Å². The second-order valence-electron chi connectivity index (χ2n) is 5.30. The predicted molar refractivity (Wildman–Crippen MR) is 78.9 cm³/mol. The summed E-state index contributed by atoms with van der Waals surface area (Å²) in [5.41, 5.74) is 6.40. The summed E-state index contributed by atoms with van der Waals surface area (Å²) in [6.45, 7) is 3.96. The van der Waals surface area contributed by atoms with Crippen molar-refractivity contribution in [2.45, 2.75) is 38.6 Å². The van der Waals surface area contributed by atoms with Gasteiger partial charge in [-0.2, -0.15) is 0 Å². The van der Waals surface area contributed by atoms with Crippen molar-refractivity contribution in [2.24, 2.45) is 0 Å². The summed E-state index contributed by atoms with van der Waals surface area (Å²) < 4.78 is 12.9. The Morgan fingerprint density at radius 2 is 2.20 bits per heavy atom. The maximum absolute atomic E-state index is 12.9. The first kappa shape index (κ1) is 14.8. The molecule has 0 unspecified atom stereocenters. The normalized spacial score (nSPS) is 14.6. The lowest BCUT2D eigenvalue weighted by atomic mass is 10.2. The molecule has 4 nitrogen and oxygen atoms in total. The van der Waals surface area contributed by atoms with Gasteiger partial charge in [0.2, 0.25) is 5.91 Å². The van der Waals surface area contributed by atoms with Gasteiger partial charge in [-0.15, -0.1) is 0 Å². The second-order valence-corrected chi connectivity index (χ2v) is 5.30. The van der Waals surface area contributed by atoms with E-state index in [9.17, 15) is 9.18 Å². The average molecular weight is 279 g/mol. The molecule has 1 aromatic carbocycles. The Hall–Kier alpha value is -1.62. The quantitative estimate of drug-likeness (QED) is 0.754. The number of benzene rings is 1. The van der Waals surface area contributed by atoms with E-state index < -0.39 is 5.82 Å². The molecule has 0 bridgehead atoms. The third kappa shape index (κ3) is 4.20. The van der Waals surface area contributed by atoms with E-state index in [0.717, 1.165) is 19.5 Å². The number of amides is 1. The molecule has 5 heteroatoms. The third-order valence-corrected chi connectivity index (χ3v) is 3.49. The summed E-state index contributed by atoms with van der Waals surface area (Å²) in [5, 5.41) is 2.74. The number of carbonyl (C=O) groups excluding carboxylic acids is 1. The number of halogens is 1. The molecular formula is C15H22FN3O. The fourth-order valence-electron chi connectivity index (χ4n) is 2.31. The molecule has 1 saturated carbocycles. The van der Waals surface area contributed by atoms with E-state index in [1.165, 1.54) is 31.0 Å². The van der Waals surface area contributed by atoms with E-state index in [4.69, 9.17) is 5.73 Å². The highest BCUT2D eigenvalue weighted by molar-refractivity contribution is 5.93. The van der Waals surface area contributed by atoms with Crippen molar-refractivity contribution < 1.29 is 9.18 Å². The topological polar surface area (TPSA) is 58.4 Å². The van der Waals surface area contributed by atoms with Crippen molar-refractivity contribution in [3.63, 3.8) is 0 Å². The van der Waals surface area contributed by atoms with Crippen molar-refractivity contribution in [1.82, 2.24) is 4.90 Å². The molecule has 0 radical (unpaired) electrons. The fraction of sp³-hybridized carbons (Fsp3) is 0.533. The van der Waals surface area contributed by atoms with Gasteiger partial charge in [0.25, 0.3) is 0 Å². The Kier molecular flexibility index (Phi) is 4.95. The van der Waals surface area contributed by atoms with Gasteiger partial charge >= 0.3 is 0 Å². The van der Waals surface area contributed by atoms with Crippen molar-refractivity contribution >= 4 is 17.3 Å². The number of nitrogens with zero attached hydrogens (tertiary/aromatic N) is 1. The molecule has 2 rings (SSSR count). The zero-order chi connectivity index (χ0) is 14.5. The standard InChI is InChI=1S/C15H22FN3O/c1-2-8-19(12-4-5-12)9-7-15(20)18-14-6-3-11(16)10-13(14)17/h3,6,10,12H,2,4-5,7-9,17H2,1H3,(H,18,20). The highest BCUT2D eigenvalue weighted by Crippen LogP contribution is 2.27. The maximum atomic E-state index is 12.9. The Balaban J connectivity index is 1.82. The number of hydrogen-bond acceptors (Lipinski definition) is 3. The molecule has 20 heavy (non-hydrogen) atoms. The molecular weight excluding hydrogens is 257 g/mol. The van der Waals surface area contributed by atoms with Crippen molar-refractivity contribution in [3.8, 4) is 0 Å². The van der Waals surface area contributed by atoms with E-state index in [0.29, 0.717) is 18.2 Å². The number of carbonyl (C=O) groups is 1. The summed E-state index contributed by atoms with van der Waals surface area (Å²) >= 11 is 0. The number of anilines is 2. The predicted octanol–water partition coefficient (Wildman–Crippen LogP) is 2.61. The monoisotopic (exact) mass is 279 g/mol. The van der Waals surface area contributed by atoms with Crippen LogP contribution in [0.4, 0.5) is 15.8 Å². The first-order valence-electron chi connectivity index (χ1n) is 7.19. The van der Waals surface area contributed by atoms with Crippen LogP contribution in [-0.2, 0) is 4.79 Å². The molecule has 0 heterocycles. The molecule has 0 aliphatic heterocycles. The lowest BCUT2D eigenvalue weighted by molar-refractivity contribution is -0.116. The molecule has 0 aromatic heterocycles. The highest BCUT2D eigenvalue weighted by Gasteiger charge is 2.28. The van der Waals surface area contributed by atoms with Crippen molar-refractivity contribution in [2.75, 3.05) is 24.1 Å². The summed E-state index contributed by atoms with van der Waals surface area (Å²) in [7, 11) is 0. The fourth-order valence-corrected chi connectivity index (χ4v) is 2.31. The summed E-state index contributed by atoms with van der Waals surface area (Å²) in [6.07, 6.45) is 4.02. The molecule has 1 aliphatic carbocycles. The van der Waals surface area contributed by atoms with Crippen LogP contribution in [0.5, 0.6) is 0 Å². The molecule has 0 atom stereocenters. The van der Waals surface area contributed by atoms with Gasteiger partial charge in [-0.05, 0) is 44.0 Å². The van der Waals surface area contributed by atoms with E-state index in [1.54, 1.807) is 0 Å². The summed E-state index contributed by atoms with van der Waals surface area (Å²) in [4.78, 5) is 14.3. The number of nitrogen functional groups attached to an aromatic ring is 1. The van der Waals surface area contributed by atoms with Gasteiger partial charge in [0.05, 0.1) is 11.4 Å². The van der Waals surface area contributed by atoms with Gasteiger partial charge in [0, 0.05) is 19.0 Å². The van der Waals surface area contributed by atoms with Crippen LogP contribution >= 0.6 is 0 Å². The van der Waals surface area contributed by atoms with E-state index >= 15 is 0 Å². The number of hydrogen-bond donors (Lipinski definition) is 2. The SMILES string of the molecule is CCCN(CCC(=O)Nc1ccc(F)cc1N)C1CC1. The Bertz CT molecular complexity index is 474. The minimum Gasteiger partial charge on any atom is -0.397 e. The van der Waals surface area contributed by atoms with Crippen LogP contribution in [0.3, 0.4) is 0 Å². The summed E-state index contributed by atoms with van der Waals surface area (Å²) in [6, 6.07) is 4.66. The smallest absolute Gasteiger partial charge is 0.225 e. The Labute approximate surface area is 119 Å². The molecule has 110 valence electrons. The highest BCUT2D eigenvalue weighted by atomic mass is 19.1. The molecule has 1 fully saturated rings. The number of rotatable bonds is 7. The van der Waals surface area contributed by atoms with Gasteiger partial charge < -0.3 is 11.1 Å². The van der Waals surface area contributed by atoms with Gasteiger partial charge in [0.1, 0.15) is 5.82 Å². The van der Waals surface area contributed by atoms with E-state index in [-0.39, 0.29) is 11.6 Å². The average Bonchev–Trinajstić information content (AvgIpc) is 3.22. The molecule has 1 aliphatic rings. The summed E-state index contributed by atoms with van der Waals surface area (Å²) in [5.74, 6) is -0.478. The molecule has 1 amide bonds. The molecule has 1 aromatic rings. The Morgan fingerprint density at radius 1 is 1.45 bits per heavy atom. The van der Waals surface area contributed by atoms with Crippen LogP contribution in [0.2, 0.25) is 0 Å². The van der Waals surface area contributed by atoms with Gasteiger partial charge in [0.15, 0.2) is 0 Å². The first-order valence-corrected chi connectivity index (χ1v) is 7.19. The molecule has 0 spiro atoms. The lowest BCUT2D eigenvalue weighted by Gasteiger charge is -2.20. The van der Waals surface area contributed by atoms with E-state index in [2.05, 4.69) is 17.1 Å². The molecule has 3 N–H and O–H groups in total. The number of nitrogens with one attached hydrogen (secondary N) is 1. The first-order chi connectivity index (χ1) is 9.60. The van der Waals surface area contributed by atoms with Crippen LogP contribution < -0.4 is 11.1 Å². The zero-order valence-electron chi connectivity index (χ0n) is 11.9. The molecule has 0 saturated heterocycles. The second kappa shape index (κ2) is 6.70.